The molecule has 4 heteroatoms. The van der Waals surface area contributed by atoms with E-state index in [1.54, 1.807) is 6.07 Å². The average molecular weight is 195 g/mol. The molecule has 3 nitrogen and oxygen atoms in total. The molecule has 0 radical (unpaired) electrons. The zero-order valence-electron chi connectivity index (χ0n) is 6.86. The van der Waals surface area contributed by atoms with Crippen molar-refractivity contribution in [1.29, 1.82) is 0 Å². The summed E-state index contributed by atoms with van der Waals surface area (Å²) in [6, 6.07) is 2.90. The monoisotopic (exact) mass is 195 g/mol. The van der Waals surface area contributed by atoms with Gasteiger partial charge in [-0.15, -0.1) is 17.8 Å². The average Bonchev–Trinajstić information content (AvgIpc) is 2.57. The highest BCUT2D eigenvalue weighted by atomic mass is 32.1. The molecule has 0 aliphatic heterocycles. The van der Waals surface area contributed by atoms with Crippen molar-refractivity contribution < 1.29 is 9.90 Å². The molecule has 1 atom stereocenters. The molecule has 1 rings (SSSR count). The number of nitrogens with one attached hydrogen (secondary N) is 1. The second-order valence-corrected chi connectivity index (χ2v) is 3.35. The summed E-state index contributed by atoms with van der Waals surface area (Å²) in [6.45, 7) is 0.259. The Labute approximate surface area is 80.4 Å². The molecule has 0 saturated heterocycles. The number of aliphatic carboxylic acids is 1. The van der Waals surface area contributed by atoms with Crippen LogP contribution in [0.5, 0.6) is 0 Å². The molecule has 0 amide bonds. The number of rotatable bonds is 4. The molecular formula is C9H9NO2S. The predicted octanol–water partition coefficient (Wildman–Crippen LogP) is 1.10. The lowest BCUT2D eigenvalue weighted by molar-refractivity contribution is -0.139. The molecule has 0 spiro atoms. The lowest BCUT2D eigenvalue weighted by Crippen LogP contribution is -2.27. The highest BCUT2D eigenvalue weighted by molar-refractivity contribution is 7.10. The Bertz CT molecular complexity index is 313. The lowest BCUT2D eigenvalue weighted by atomic mass is 10.2. The van der Waals surface area contributed by atoms with E-state index in [1.807, 2.05) is 11.4 Å². The summed E-state index contributed by atoms with van der Waals surface area (Å²) in [6.07, 6.45) is 5.03. The van der Waals surface area contributed by atoms with Gasteiger partial charge in [0, 0.05) is 4.88 Å². The standard InChI is InChI=1S/C9H9NO2S/c1-2-5-10-8(9(11)12)7-4-3-6-13-7/h1,3-4,6,8,10H,5H2,(H,11,12). The first-order chi connectivity index (χ1) is 6.25. The summed E-state index contributed by atoms with van der Waals surface area (Å²) in [5, 5.41) is 13.4. The molecule has 2 N–H and O–H groups in total. The van der Waals surface area contributed by atoms with Gasteiger partial charge in [-0.3, -0.25) is 10.1 Å². The van der Waals surface area contributed by atoms with Crippen molar-refractivity contribution in [2.75, 3.05) is 6.54 Å². The van der Waals surface area contributed by atoms with Crippen LogP contribution < -0.4 is 5.32 Å². The van der Waals surface area contributed by atoms with Crippen molar-refractivity contribution in [2.24, 2.45) is 0 Å². The van der Waals surface area contributed by atoms with Gasteiger partial charge < -0.3 is 5.11 Å². The predicted molar refractivity (Wildman–Crippen MR) is 51.5 cm³/mol. The third-order valence-corrected chi connectivity index (χ3v) is 2.42. The van der Waals surface area contributed by atoms with Crippen LogP contribution in [0.3, 0.4) is 0 Å². The fraction of sp³-hybridized carbons (Fsp3) is 0.222. The minimum atomic E-state index is -0.905. The molecule has 1 unspecified atom stereocenters. The third-order valence-electron chi connectivity index (χ3n) is 1.48. The molecule has 1 aromatic rings. The summed E-state index contributed by atoms with van der Waals surface area (Å²) >= 11 is 1.40. The smallest absolute Gasteiger partial charge is 0.326 e. The zero-order valence-corrected chi connectivity index (χ0v) is 7.67. The van der Waals surface area contributed by atoms with E-state index in [1.165, 1.54) is 11.3 Å². The van der Waals surface area contributed by atoms with Crippen molar-refractivity contribution in [3.05, 3.63) is 22.4 Å². The minimum Gasteiger partial charge on any atom is -0.480 e. The first kappa shape index (κ1) is 9.78. The van der Waals surface area contributed by atoms with Crippen LogP contribution in [0.1, 0.15) is 10.9 Å². The van der Waals surface area contributed by atoms with Crippen molar-refractivity contribution in [3.8, 4) is 12.3 Å². The van der Waals surface area contributed by atoms with Gasteiger partial charge in [-0.2, -0.15) is 0 Å². The Morgan fingerprint density at radius 2 is 2.62 bits per heavy atom. The van der Waals surface area contributed by atoms with Crippen molar-refractivity contribution in [3.63, 3.8) is 0 Å². The van der Waals surface area contributed by atoms with Crippen LogP contribution in [0.15, 0.2) is 17.5 Å². The summed E-state index contributed by atoms with van der Waals surface area (Å²) in [5.74, 6) is 1.44. The number of carbonyl (C=O) groups is 1. The maximum absolute atomic E-state index is 10.8. The van der Waals surface area contributed by atoms with Gasteiger partial charge in [0.05, 0.1) is 6.54 Å². The maximum Gasteiger partial charge on any atom is 0.326 e. The van der Waals surface area contributed by atoms with E-state index < -0.39 is 12.0 Å². The van der Waals surface area contributed by atoms with Crippen LogP contribution in [-0.4, -0.2) is 17.6 Å². The summed E-state index contributed by atoms with van der Waals surface area (Å²) in [7, 11) is 0. The lowest BCUT2D eigenvalue weighted by Gasteiger charge is -2.09. The van der Waals surface area contributed by atoms with E-state index in [4.69, 9.17) is 11.5 Å². The third kappa shape index (κ3) is 2.58. The van der Waals surface area contributed by atoms with Crippen LogP contribution in [0.4, 0.5) is 0 Å². The van der Waals surface area contributed by atoms with E-state index in [-0.39, 0.29) is 6.54 Å². The molecule has 0 saturated carbocycles. The van der Waals surface area contributed by atoms with Crippen LogP contribution >= 0.6 is 11.3 Å². The Balaban J connectivity index is 2.70. The number of hydrogen-bond donors (Lipinski definition) is 2. The highest BCUT2D eigenvalue weighted by Gasteiger charge is 2.18. The van der Waals surface area contributed by atoms with Crippen LogP contribution in [-0.2, 0) is 4.79 Å². The molecular weight excluding hydrogens is 186 g/mol. The largest absolute Gasteiger partial charge is 0.480 e. The minimum absolute atomic E-state index is 0.259. The van der Waals surface area contributed by atoms with Gasteiger partial charge in [-0.1, -0.05) is 12.0 Å². The van der Waals surface area contributed by atoms with Gasteiger partial charge in [0.15, 0.2) is 0 Å². The zero-order chi connectivity index (χ0) is 9.68. The molecule has 0 aliphatic carbocycles. The Morgan fingerprint density at radius 1 is 1.85 bits per heavy atom. The molecule has 0 fully saturated rings. The Hall–Kier alpha value is -1.31. The Kier molecular flexibility index (Phi) is 3.50. The molecule has 0 bridgehead atoms. The molecule has 68 valence electrons. The first-order valence-electron chi connectivity index (χ1n) is 3.68. The number of terminal acetylenes is 1. The Morgan fingerprint density at radius 3 is 3.08 bits per heavy atom. The quantitative estimate of drug-likeness (QED) is 0.707. The summed E-state index contributed by atoms with van der Waals surface area (Å²) < 4.78 is 0. The topological polar surface area (TPSA) is 49.3 Å². The van der Waals surface area contributed by atoms with Gasteiger partial charge in [-0.05, 0) is 11.4 Å². The van der Waals surface area contributed by atoms with Gasteiger partial charge in [0.25, 0.3) is 0 Å². The van der Waals surface area contributed by atoms with Gasteiger partial charge in [-0.25, -0.2) is 0 Å². The second-order valence-electron chi connectivity index (χ2n) is 2.37. The molecule has 0 aliphatic rings. The second kappa shape index (κ2) is 4.65. The SMILES string of the molecule is C#CCNC(C(=O)O)c1cccs1. The van der Waals surface area contributed by atoms with Gasteiger partial charge >= 0.3 is 5.97 Å². The van der Waals surface area contributed by atoms with Crippen molar-refractivity contribution in [2.45, 2.75) is 6.04 Å². The van der Waals surface area contributed by atoms with Crippen molar-refractivity contribution in [1.82, 2.24) is 5.32 Å². The fourth-order valence-corrected chi connectivity index (χ4v) is 1.72. The number of thiophene rings is 1. The van der Waals surface area contributed by atoms with Gasteiger partial charge in [0.1, 0.15) is 6.04 Å². The highest BCUT2D eigenvalue weighted by Crippen LogP contribution is 2.18. The van der Waals surface area contributed by atoms with Gasteiger partial charge in [0.2, 0.25) is 0 Å². The van der Waals surface area contributed by atoms with E-state index in [2.05, 4.69) is 11.2 Å². The normalized spacial score (nSPS) is 11.9. The summed E-state index contributed by atoms with van der Waals surface area (Å²) in [5.41, 5.74) is 0. The number of carboxylic acid groups (broad SMARTS) is 1. The fourth-order valence-electron chi connectivity index (χ4n) is 0.926. The first-order valence-corrected chi connectivity index (χ1v) is 4.56. The molecule has 0 aromatic carbocycles. The van der Waals surface area contributed by atoms with E-state index in [0.717, 1.165) is 4.88 Å². The maximum atomic E-state index is 10.8. The van der Waals surface area contributed by atoms with Crippen LogP contribution in [0, 0.1) is 12.3 Å². The van der Waals surface area contributed by atoms with Crippen LogP contribution in [0.2, 0.25) is 0 Å². The molecule has 1 heterocycles. The number of carboxylic acids is 1. The van der Waals surface area contributed by atoms with E-state index in [9.17, 15) is 4.79 Å². The summed E-state index contributed by atoms with van der Waals surface area (Å²) in [4.78, 5) is 11.5. The number of hydrogen-bond acceptors (Lipinski definition) is 3. The van der Waals surface area contributed by atoms with Crippen LogP contribution in [0.25, 0.3) is 0 Å². The van der Waals surface area contributed by atoms with Crippen molar-refractivity contribution >= 4 is 17.3 Å². The molecule has 1 aromatic heterocycles. The molecule has 13 heavy (non-hydrogen) atoms. The van der Waals surface area contributed by atoms with E-state index in [0.29, 0.717) is 0 Å². The van der Waals surface area contributed by atoms with E-state index >= 15 is 0 Å².